The summed E-state index contributed by atoms with van der Waals surface area (Å²) in [6.07, 6.45) is 3.17. The molecule has 3 heterocycles. The van der Waals surface area contributed by atoms with E-state index in [2.05, 4.69) is 10.3 Å². The molecule has 0 radical (unpaired) electrons. The lowest BCUT2D eigenvalue weighted by atomic mass is 10.1. The molecule has 2 aromatic rings. The van der Waals surface area contributed by atoms with Gasteiger partial charge < -0.3 is 0 Å². The molecule has 30 heavy (non-hydrogen) atoms. The quantitative estimate of drug-likeness (QED) is 0.589. The summed E-state index contributed by atoms with van der Waals surface area (Å²) in [5, 5.41) is 7.83. The van der Waals surface area contributed by atoms with Crippen LogP contribution in [0, 0.1) is 0 Å². The van der Waals surface area contributed by atoms with E-state index in [-0.39, 0.29) is 40.9 Å². The summed E-state index contributed by atoms with van der Waals surface area (Å²) in [6.45, 7) is 2.63. The lowest BCUT2D eigenvalue weighted by Gasteiger charge is -2.21. The van der Waals surface area contributed by atoms with Crippen LogP contribution in [0.25, 0.3) is 0 Å². The van der Waals surface area contributed by atoms with E-state index in [1.807, 2.05) is 6.92 Å². The molecule has 0 spiro atoms. The van der Waals surface area contributed by atoms with E-state index >= 15 is 0 Å². The Labute approximate surface area is 177 Å². The largest absolute Gasteiger partial charge is 0.299 e. The topological polar surface area (TPSA) is 105 Å². The highest BCUT2D eigenvalue weighted by Crippen LogP contribution is 2.34. The number of carbonyl (C=O) groups is 2. The fourth-order valence-corrected chi connectivity index (χ4v) is 5.79. The zero-order valence-corrected chi connectivity index (χ0v) is 17.8. The van der Waals surface area contributed by atoms with Gasteiger partial charge in [0.05, 0.1) is 35.4 Å². The Kier molecular flexibility index (Phi) is 5.64. The van der Waals surface area contributed by atoms with Gasteiger partial charge in [-0.1, -0.05) is 5.21 Å². The van der Waals surface area contributed by atoms with Gasteiger partial charge in [-0.3, -0.25) is 19.2 Å². The van der Waals surface area contributed by atoms with Crippen LogP contribution in [-0.4, -0.2) is 57.7 Å². The minimum Gasteiger partial charge on any atom is -0.299 e. The van der Waals surface area contributed by atoms with Crippen LogP contribution in [0.15, 0.2) is 29.3 Å². The fourth-order valence-electron chi connectivity index (χ4n) is 3.81. The number of amides is 1. The van der Waals surface area contributed by atoms with E-state index in [0.717, 1.165) is 12.8 Å². The molecule has 1 aromatic carbocycles. The minimum absolute atomic E-state index is 0.00710. The van der Waals surface area contributed by atoms with E-state index in [4.69, 9.17) is 0 Å². The summed E-state index contributed by atoms with van der Waals surface area (Å²) < 4.78 is 41.0. The van der Waals surface area contributed by atoms with Gasteiger partial charge >= 0.3 is 0 Å². The van der Waals surface area contributed by atoms with Crippen LogP contribution < -0.4 is 4.90 Å². The van der Waals surface area contributed by atoms with Gasteiger partial charge in [-0.25, -0.2) is 8.42 Å². The number of aromatic nitrogens is 3. The lowest BCUT2D eigenvalue weighted by molar-refractivity contribution is -0.114. The first-order valence-electron chi connectivity index (χ1n) is 9.47. The second kappa shape index (κ2) is 8.08. The Morgan fingerprint density at radius 3 is 2.80 bits per heavy atom. The Bertz CT molecular complexity index is 1100. The van der Waals surface area contributed by atoms with Crippen LogP contribution in [0.5, 0.6) is 0 Å². The number of benzene rings is 1. The van der Waals surface area contributed by atoms with Gasteiger partial charge in [0.15, 0.2) is 0 Å². The Hall–Kier alpha value is -2.31. The van der Waals surface area contributed by atoms with Crippen LogP contribution in [-0.2, 0) is 27.9 Å². The zero-order chi connectivity index (χ0) is 21.5. The number of aryl methyl sites for hydroxylation is 1. The van der Waals surface area contributed by atoms with Crippen LogP contribution >= 0.6 is 12.1 Å². The SMILES string of the molecule is C[C@@H]1CCCN1S(=O)(=O)c1ccc2c(c1)C(=O)C(=O)N2Cc1cn(CCSF)nn1. The Morgan fingerprint density at radius 1 is 1.30 bits per heavy atom. The van der Waals surface area contributed by atoms with E-state index in [1.54, 1.807) is 6.20 Å². The maximum absolute atomic E-state index is 13.0. The van der Waals surface area contributed by atoms with Crippen molar-refractivity contribution >= 4 is 39.5 Å². The molecule has 160 valence electrons. The number of carbonyl (C=O) groups excluding carboxylic acids is 2. The summed E-state index contributed by atoms with van der Waals surface area (Å²) in [5.41, 5.74) is 0.844. The van der Waals surface area contributed by atoms with Crippen LogP contribution in [0.2, 0.25) is 0 Å². The van der Waals surface area contributed by atoms with Crippen LogP contribution in [0.4, 0.5) is 9.57 Å². The molecule has 9 nitrogen and oxygen atoms in total. The molecule has 2 aliphatic heterocycles. The molecule has 1 fully saturated rings. The van der Waals surface area contributed by atoms with Crippen LogP contribution in [0.1, 0.15) is 35.8 Å². The van der Waals surface area contributed by atoms with Gasteiger partial charge in [0.25, 0.3) is 11.7 Å². The second-order valence-corrected chi connectivity index (χ2v) is 9.81. The summed E-state index contributed by atoms with van der Waals surface area (Å²) in [6, 6.07) is 4.09. The molecule has 0 saturated carbocycles. The number of halogens is 1. The smallest absolute Gasteiger partial charge is 0.299 e. The van der Waals surface area contributed by atoms with Gasteiger partial charge in [-0.15, -0.1) is 5.10 Å². The molecule has 4 rings (SSSR count). The molecule has 2 aliphatic rings. The van der Waals surface area contributed by atoms with E-state index in [1.165, 1.54) is 32.1 Å². The number of Topliss-reactive ketones (excluding diaryl/α,β-unsaturated/α-hetero) is 1. The molecular formula is C18H20FN5O4S2. The maximum atomic E-state index is 13.0. The Balaban J connectivity index is 1.60. The molecule has 12 heteroatoms. The third kappa shape index (κ3) is 3.63. The monoisotopic (exact) mass is 453 g/mol. The summed E-state index contributed by atoms with van der Waals surface area (Å²) in [7, 11) is -3.74. The minimum atomic E-state index is -3.74. The normalized spacial score (nSPS) is 19.7. The number of sulfonamides is 1. The predicted octanol–water partition coefficient (Wildman–Crippen LogP) is 1.80. The van der Waals surface area contributed by atoms with Crippen LogP contribution in [0.3, 0.4) is 0 Å². The van der Waals surface area contributed by atoms with Crippen molar-refractivity contribution in [2.24, 2.45) is 0 Å². The lowest BCUT2D eigenvalue weighted by Crippen LogP contribution is -2.33. The van der Waals surface area contributed by atoms with Crippen molar-refractivity contribution < 1.29 is 21.9 Å². The van der Waals surface area contributed by atoms with Crippen molar-refractivity contribution in [3.05, 3.63) is 35.7 Å². The van der Waals surface area contributed by atoms with Gasteiger partial charge in [-0.05, 0) is 38.0 Å². The molecule has 1 amide bonds. The molecular weight excluding hydrogens is 433 g/mol. The van der Waals surface area contributed by atoms with Gasteiger partial charge in [0.1, 0.15) is 5.69 Å². The highest BCUT2D eigenvalue weighted by molar-refractivity contribution is 7.94. The number of hydrogen-bond donors (Lipinski definition) is 0. The molecule has 1 aromatic heterocycles. The maximum Gasteiger partial charge on any atom is 0.299 e. The number of hydrogen-bond acceptors (Lipinski definition) is 7. The van der Waals surface area contributed by atoms with E-state index in [9.17, 15) is 21.9 Å². The van der Waals surface area contributed by atoms with Crippen molar-refractivity contribution in [1.29, 1.82) is 0 Å². The van der Waals surface area contributed by atoms with Crippen molar-refractivity contribution in [3.63, 3.8) is 0 Å². The molecule has 1 saturated heterocycles. The van der Waals surface area contributed by atoms with Crippen molar-refractivity contribution in [1.82, 2.24) is 19.3 Å². The molecule has 0 aliphatic carbocycles. The van der Waals surface area contributed by atoms with Crippen molar-refractivity contribution in [3.8, 4) is 0 Å². The highest BCUT2D eigenvalue weighted by Gasteiger charge is 2.39. The fraction of sp³-hybridized carbons (Fsp3) is 0.444. The van der Waals surface area contributed by atoms with Crippen molar-refractivity contribution in [2.75, 3.05) is 17.2 Å². The van der Waals surface area contributed by atoms with Crippen molar-refractivity contribution in [2.45, 2.75) is 43.8 Å². The molecule has 0 N–H and O–H groups in total. The summed E-state index contributed by atoms with van der Waals surface area (Å²) in [5.74, 6) is -1.28. The summed E-state index contributed by atoms with van der Waals surface area (Å²) >= 11 is 0.192. The highest BCUT2D eigenvalue weighted by atomic mass is 32.2. The number of ketones is 1. The molecule has 1 atom stereocenters. The average Bonchev–Trinajstić information content (AvgIpc) is 3.42. The number of nitrogens with zero attached hydrogens (tertiary/aromatic N) is 5. The van der Waals surface area contributed by atoms with Gasteiger partial charge in [0, 0.05) is 30.5 Å². The third-order valence-electron chi connectivity index (χ3n) is 5.35. The van der Waals surface area contributed by atoms with Gasteiger partial charge in [-0.2, -0.15) is 8.19 Å². The molecule has 0 unspecified atom stereocenters. The zero-order valence-electron chi connectivity index (χ0n) is 16.2. The predicted molar refractivity (Wildman–Crippen MR) is 108 cm³/mol. The Morgan fingerprint density at radius 2 is 2.10 bits per heavy atom. The first-order chi connectivity index (χ1) is 14.3. The van der Waals surface area contributed by atoms with Gasteiger partial charge in [0.2, 0.25) is 10.0 Å². The number of fused-ring (bicyclic) bond motifs is 1. The summed E-state index contributed by atoms with van der Waals surface area (Å²) in [4.78, 5) is 26.3. The van der Waals surface area contributed by atoms with E-state index < -0.39 is 21.7 Å². The first kappa shape index (κ1) is 20.9. The standard InChI is InChI=1S/C18H20FN5O4S2/c1-12-3-2-6-24(12)30(27,28)14-4-5-16-15(9-14)17(25)18(26)23(16)11-13-10-22(21-20-13)7-8-29-19/h4-5,9-10,12H,2-3,6-8,11H2,1H3/t12-/m1/s1. The number of rotatable bonds is 7. The third-order valence-corrected chi connectivity index (χ3v) is 7.69. The average molecular weight is 454 g/mol. The molecule has 0 bridgehead atoms. The first-order valence-corrected chi connectivity index (χ1v) is 11.8. The van der Waals surface area contributed by atoms with E-state index in [0.29, 0.717) is 24.5 Å². The number of anilines is 1. The second-order valence-electron chi connectivity index (χ2n) is 7.29.